The molecule has 3 rings (SSSR count). The minimum absolute atomic E-state index is 0.0108. The van der Waals surface area contributed by atoms with Gasteiger partial charge >= 0.3 is 0 Å². The van der Waals surface area contributed by atoms with E-state index in [4.69, 9.17) is 0 Å². The average molecular weight is 275 g/mol. The van der Waals surface area contributed by atoms with E-state index in [0.29, 0.717) is 5.65 Å². The summed E-state index contributed by atoms with van der Waals surface area (Å²) >= 11 is 0. The van der Waals surface area contributed by atoms with Gasteiger partial charge in [-0.1, -0.05) is 6.07 Å². The van der Waals surface area contributed by atoms with Crippen molar-refractivity contribution in [1.29, 1.82) is 0 Å². The quantitative estimate of drug-likeness (QED) is 0.687. The normalized spacial score (nSPS) is 22.4. The van der Waals surface area contributed by atoms with Gasteiger partial charge in [-0.05, 0) is 12.1 Å². The molecule has 1 aliphatic heterocycles. The van der Waals surface area contributed by atoms with Crippen LogP contribution in [0.2, 0.25) is 0 Å². The summed E-state index contributed by atoms with van der Waals surface area (Å²) in [5, 5.41) is 18.9. The van der Waals surface area contributed by atoms with Crippen molar-refractivity contribution in [3.8, 4) is 0 Å². The summed E-state index contributed by atoms with van der Waals surface area (Å²) in [6, 6.07) is 5.09. The van der Waals surface area contributed by atoms with Gasteiger partial charge in [0.15, 0.2) is 0 Å². The Bertz CT molecular complexity index is 717. The number of β-amino-alcohol motifs (C(OH)–C–C–N with tert-alkyl or cyclic N) is 2. The van der Waals surface area contributed by atoms with E-state index >= 15 is 0 Å². The number of hydrogen-bond acceptors (Lipinski definition) is 5. The van der Waals surface area contributed by atoms with Crippen LogP contribution >= 0.6 is 0 Å². The first-order chi connectivity index (χ1) is 9.58. The number of hydrogen-bond donors (Lipinski definition) is 2. The number of carbonyl (C=O) groups is 1. The zero-order chi connectivity index (χ0) is 14.3. The van der Waals surface area contributed by atoms with Crippen LogP contribution in [0.3, 0.4) is 0 Å². The number of nitrogens with zero attached hydrogens (tertiary/aromatic N) is 3. The van der Waals surface area contributed by atoms with Gasteiger partial charge in [0, 0.05) is 25.5 Å². The molecule has 1 aliphatic rings. The van der Waals surface area contributed by atoms with Gasteiger partial charge < -0.3 is 15.1 Å². The molecule has 0 aromatic carbocycles. The minimum atomic E-state index is -0.977. The average Bonchev–Trinajstić information content (AvgIpc) is 2.79. The Hall–Kier alpha value is -2.25. The Morgan fingerprint density at radius 3 is 2.65 bits per heavy atom. The maximum absolute atomic E-state index is 12.3. The number of amides is 1. The summed E-state index contributed by atoms with van der Waals surface area (Å²) in [5.74, 6) is -0.531. The highest BCUT2D eigenvalue weighted by Crippen LogP contribution is 2.12. The zero-order valence-corrected chi connectivity index (χ0v) is 10.5. The van der Waals surface area contributed by atoms with Gasteiger partial charge in [0.25, 0.3) is 11.5 Å². The highest BCUT2D eigenvalue weighted by atomic mass is 16.3. The summed E-state index contributed by atoms with van der Waals surface area (Å²) in [4.78, 5) is 29.8. The summed E-state index contributed by atoms with van der Waals surface area (Å²) in [6.07, 6.45) is 0.817. The lowest BCUT2D eigenvalue weighted by molar-refractivity contribution is 0.0572. The van der Waals surface area contributed by atoms with Crippen molar-refractivity contribution in [3.63, 3.8) is 0 Å². The predicted molar refractivity (Wildman–Crippen MR) is 69.4 cm³/mol. The van der Waals surface area contributed by atoms with Crippen LogP contribution in [-0.2, 0) is 0 Å². The third kappa shape index (κ3) is 1.97. The molecule has 1 amide bonds. The SMILES string of the molecule is O=C(c1cnc2ccccn2c1=O)N1C[C@@H](O)[C@@H](O)C1. The van der Waals surface area contributed by atoms with Crippen molar-refractivity contribution >= 4 is 11.6 Å². The highest BCUT2D eigenvalue weighted by molar-refractivity contribution is 5.94. The Morgan fingerprint density at radius 1 is 1.25 bits per heavy atom. The largest absolute Gasteiger partial charge is 0.388 e. The van der Waals surface area contributed by atoms with Crippen LogP contribution in [-0.4, -0.2) is 55.7 Å². The second-order valence-electron chi connectivity index (χ2n) is 4.75. The van der Waals surface area contributed by atoms with Gasteiger partial charge in [-0.2, -0.15) is 0 Å². The lowest BCUT2D eigenvalue weighted by atomic mass is 10.3. The maximum atomic E-state index is 12.3. The van der Waals surface area contributed by atoms with Gasteiger partial charge in [0.05, 0.1) is 12.2 Å². The Morgan fingerprint density at radius 2 is 1.95 bits per heavy atom. The second kappa shape index (κ2) is 4.69. The summed E-state index contributed by atoms with van der Waals surface area (Å²) in [7, 11) is 0. The number of rotatable bonds is 1. The predicted octanol–water partition coefficient (Wildman–Crippen LogP) is -1.13. The number of aliphatic hydroxyl groups excluding tert-OH is 2. The third-order valence-electron chi connectivity index (χ3n) is 3.39. The van der Waals surface area contributed by atoms with Gasteiger partial charge in [-0.15, -0.1) is 0 Å². The van der Waals surface area contributed by atoms with Crippen molar-refractivity contribution in [3.05, 3.63) is 46.5 Å². The van der Waals surface area contributed by atoms with E-state index < -0.39 is 23.7 Å². The van der Waals surface area contributed by atoms with Gasteiger partial charge in [0.1, 0.15) is 11.2 Å². The first-order valence-electron chi connectivity index (χ1n) is 6.20. The van der Waals surface area contributed by atoms with Crippen molar-refractivity contribution in [2.45, 2.75) is 12.2 Å². The van der Waals surface area contributed by atoms with E-state index in [9.17, 15) is 19.8 Å². The molecule has 2 N–H and O–H groups in total. The Labute approximate surface area is 113 Å². The molecule has 0 aliphatic carbocycles. The first kappa shape index (κ1) is 12.8. The molecule has 1 fully saturated rings. The Kier molecular flexibility index (Phi) is 3.00. The first-order valence-corrected chi connectivity index (χ1v) is 6.20. The number of pyridine rings is 1. The molecule has 104 valence electrons. The molecule has 7 heteroatoms. The van der Waals surface area contributed by atoms with Crippen molar-refractivity contribution in [2.24, 2.45) is 0 Å². The van der Waals surface area contributed by atoms with Crippen molar-refractivity contribution in [1.82, 2.24) is 14.3 Å². The van der Waals surface area contributed by atoms with E-state index in [1.54, 1.807) is 18.2 Å². The molecule has 3 heterocycles. The van der Waals surface area contributed by atoms with Gasteiger partial charge in [-0.25, -0.2) is 4.98 Å². The van der Waals surface area contributed by atoms with E-state index in [-0.39, 0.29) is 18.7 Å². The smallest absolute Gasteiger partial charge is 0.270 e. The van der Waals surface area contributed by atoms with Crippen LogP contribution < -0.4 is 5.56 Å². The van der Waals surface area contributed by atoms with Crippen LogP contribution in [0.5, 0.6) is 0 Å². The molecule has 0 saturated carbocycles. The highest BCUT2D eigenvalue weighted by Gasteiger charge is 2.34. The summed E-state index contributed by atoms with van der Waals surface area (Å²) in [5.41, 5.74) is -0.0815. The van der Waals surface area contributed by atoms with E-state index in [1.165, 1.54) is 21.7 Å². The van der Waals surface area contributed by atoms with E-state index in [0.717, 1.165) is 0 Å². The fraction of sp³-hybridized carbons (Fsp3) is 0.308. The van der Waals surface area contributed by atoms with Crippen LogP contribution in [0.15, 0.2) is 35.4 Å². The summed E-state index contributed by atoms with van der Waals surface area (Å²) < 4.78 is 1.29. The van der Waals surface area contributed by atoms with E-state index in [1.807, 2.05) is 0 Å². The second-order valence-corrected chi connectivity index (χ2v) is 4.75. The van der Waals surface area contributed by atoms with Crippen LogP contribution in [0.1, 0.15) is 10.4 Å². The molecule has 2 aromatic rings. The number of likely N-dealkylation sites (tertiary alicyclic amines) is 1. The number of carbonyl (C=O) groups excluding carboxylic acids is 1. The molecule has 0 radical (unpaired) electrons. The standard InChI is InChI=1S/C13H13N3O4/c17-9-6-15(7-10(9)18)12(19)8-5-14-11-3-1-2-4-16(11)13(8)20/h1-5,9-10,17-18H,6-7H2/t9-,10+. The third-order valence-corrected chi connectivity index (χ3v) is 3.39. The molecule has 0 unspecified atom stereocenters. The Balaban J connectivity index is 2.01. The van der Waals surface area contributed by atoms with Crippen LogP contribution in [0.4, 0.5) is 0 Å². The molecule has 1 saturated heterocycles. The molecule has 7 nitrogen and oxygen atoms in total. The number of aliphatic hydroxyl groups is 2. The molecule has 2 aromatic heterocycles. The van der Waals surface area contributed by atoms with Crippen LogP contribution in [0.25, 0.3) is 5.65 Å². The number of aromatic nitrogens is 2. The van der Waals surface area contributed by atoms with Crippen LogP contribution in [0, 0.1) is 0 Å². The van der Waals surface area contributed by atoms with Crippen molar-refractivity contribution < 1.29 is 15.0 Å². The lowest BCUT2D eigenvalue weighted by Crippen LogP contribution is -2.35. The van der Waals surface area contributed by atoms with Gasteiger partial charge in [-0.3, -0.25) is 14.0 Å². The topological polar surface area (TPSA) is 95.1 Å². The summed E-state index contributed by atoms with van der Waals surface area (Å²) in [6.45, 7) is 0.0217. The molecule has 2 atom stereocenters. The molecule has 0 spiro atoms. The van der Waals surface area contributed by atoms with E-state index in [2.05, 4.69) is 4.98 Å². The number of fused-ring (bicyclic) bond motifs is 1. The molecule has 20 heavy (non-hydrogen) atoms. The zero-order valence-electron chi connectivity index (χ0n) is 10.5. The molecular weight excluding hydrogens is 262 g/mol. The maximum Gasteiger partial charge on any atom is 0.270 e. The monoisotopic (exact) mass is 275 g/mol. The van der Waals surface area contributed by atoms with Crippen molar-refractivity contribution in [2.75, 3.05) is 13.1 Å². The fourth-order valence-corrected chi connectivity index (χ4v) is 2.28. The lowest BCUT2D eigenvalue weighted by Gasteiger charge is -2.14. The fourth-order valence-electron chi connectivity index (χ4n) is 2.28. The van der Waals surface area contributed by atoms with Gasteiger partial charge in [0.2, 0.25) is 0 Å². The molecule has 0 bridgehead atoms. The molecular formula is C13H13N3O4. The minimum Gasteiger partial charge on any atom is -0.388 e.